The first-order valence-electron chi connectivity index (χ1n) is 8.68. The van der Waals surface area contributed by atoms with Gasteiger partial charge in [0.25, 0.3) is 0 Å². The molecule has 0 radical (unpaired) electrons. The predicted octanol–water partition coefficient (Wildman–Crippen LogP) is 4.25. The van der Waals surface area contributed by atoms with Crippen molar-refractivity contribution in [1.82, 2.24) is 19.6 Å². The van der Waals surface area contributed by atoms with Gasteiger partial charge in [-0.2, -0.15) is 0 Å². The number of aryl methyl sites for hydroxylation is 3. The monoisotopic (exact) mass is 397 g/mol. The van der Waals surface area contributed by atoms with Crippen LogP contribution >= 0.6 is 23.1 Å². The second-order valence-electron chi connectivity index (χ2n) is 6.27. The molecule has 8 heteroatoms. The summed E-state index contributed by atoms with van der Waals surface area (Å²) in [6.07, 6.45) is 2.71. The predicted molar refractivity (Wildman–Crippen MR) is 111 cm³/mol. The summed E-state index contributed by atoms with van der Waals surface area (Å²) in [6, 6.07) is 7.90. The Kier molecular flexibility index (Phi) is 4.84. The van der Waals surface area contributed by atoms with Crippen LogP contribution in [-0.4, -0.2) is 31.2 Å². The van der Waals surface area contributed by atoms with E-state index >= 15 is 0 Å². The van der Waals surface area contributed by atoms with Crippen LogP contribution in [0, 0.1) is 13.8 Å². The lowest BCUT2D eigenvalue weighted by Crippen LogP contribution is -2.14. The van der Waals surface area contributed by atoms with Gasteiger partial charge in [0.1, 0.15) is 11.2 Å². The second kappa shape index (κ2) is 7.28. The van der Waals surface area contributed by atoms with E-state index in [1.807, 2.05) is 28.7 Å². The molecule has 0 saturated heterocycles. The number of hydrogen-bond acceptors (Lipinski definition) is 6. The maximum atomic E-state index is 12.3. The Labute approximate surface area is 165 Å². The molecular weight excluding hydrogens is 378 g/mol. The maximum Gasteiger partial charge on any atom is 0.234 e. The average molecular weight is 398 g/mol. The van der Waals surface area contributed by atoms with E-state index in [-0.39, 0.29) is 11.7 Å². The van der Waals surface area contributed by atoms with Gasteiger partial charge < -0.3 is 5.32 Å². The molecule has 3 aromatic heterocycles. The molecule has 138 valence electrons. The number of anilines is 1. The number of aromatic nitrogens is 4. The van der Waals surface area contributed by atoms with E-state index in [0.29, 0.717) is 5.16 Å². The van der Waals surface area contributed by atoms with Crippen molar-refractivity contribution in [2.75, 3.05) is 11.1 Å². The molecule has 1 aromatic carbocycles. The number of carbonyl (C=O) groups excluding carboxylic acids is 1. The Morgan fingerprint density at radius 1 is 1.22 bits per heavy atom. The van der Waals surface area contributed by atoms with Crippen LogP contribution in [0.4, 0.5) is 5.69 Å². The molecule has 0 aliphatic heterocycles. The van der Waals surface area contributed by atoms with E-state index in [2.05, 4.69) is 41.3 Å². The summed E-state index contributed by atoms with van der Waals surface area (Å²) in [4.78, 5) is 19.0. The van der Waals surface area contributed by atoms with E-state index < -0.39 is 0 Å². The minimum atomic E-state index is -0.0717. The first-order chi connectivity index (χ1) is 13.1. The molecule has 4 aromatic rings. The molecular formula is C19H19N5OS2. The zero-order valence-corrected chi connectivity index (χ0v) is 16.9. The third-order valence-electron chi connectivity index (χ3n) is 4.52. The quantitative estimate of drug-likeness (QED) is 0.510. The van der Waals surface area contributed by atoms with Gasteiger partial charge in [-0.3, -0.25) is 9.20 Å². The molecule has 0 unspecified atom stereocenters. The number of thioether (sulfide) groups is 1. The SMILES string of the molecule is CCc1ccc(NC(=O)CSc2nnc3c4c(C)c(C)sc4ncn23)cc1. The highest BCUT2D eigenvalue weighted by molar-refractivity contribution is 7.99. The summed E-state index contributed by atoms with van der Waals surface area (Å²) in [6.45, 7) is 6.27. The molecule has 3 heterocycles. The van der Waals surface area contributed by atoms with Crippen molar-refractivity contribution in [2.24, 2.45) is 0 Å². The van der Waals surface area contributed by atoms with E-state index in [0.717, 1.165) is 28.0 Å². The zero-order chi connectivity index (χ0) is 19.0. The minimum absolute atomic E-state index is 0.0717. The molecule has 0 saturated carbocycles. The number of benzene rings is 1. The lowest BCUT2D eigenvalue weighted by Gasteiger charge is -2.05. The van der Waals surface area contributed by atoms with Crippen molar-refractivity contribution < 1.29 is 4.79 Å². The number of nitrogens with one attached hydrogen (secondary N) is 1. The fraction of sp³-hybridized carbons (Fsp3) is 0.263. The highest BCUT2D eigenvalue weighted by atomic mass is 32.2. The van der Waals surface area contributed by atoms with E-state index in [4.69, 9.17) is 0 Å². The number of amides is 1. The Hall–Kier alpha value is -2.45. The van der Waals surface area contributed by atoms with Gasteiger partial charge in [0.05, 0.1) is 11.1 Å². The van der Waals surface area contributed by atoms with Crippen molar-refractivity contribution in [3.05, 3.63) is 46.6 Å². The summed E-state index contributed by atoms with van der Waals surface area (Å²) in [7, 11) is 0. The standard InChI is InChI=1S/C19H19N5OS2/c1-4-13-5-7-14(8-6-13)21-15(25)9-26-19-23-22-17-16-11(2)12(3)27-18(16)20-10-24(17)19/h5-8,10H,4,9H2,1-3H3,(H,21,25). The molecule has 0 spiro atoms. The van der Waals surface area contributed by atoms with Gasteiger partial charge in [0.15, 0.2) is 10.8 Å². The lowest BCUT2D eigenvalue weighted by atomic mass is 10.1. The first-order valence-corrected chi connectivity index (χ1v) is 10.5. The van der Waals surface area contributed by atoms with Gasteiger partial charge in [-0.25, -0.2) is 4.98 Å². The van der Waals surface area contributed by atoms with Gasteiger partial charge in [0.2, 0.25) is 5.91 Å². The third-order valence-corrected chi connectivity index (χ3v) is 6.58. The number of nitrogens with zero attached hydrogens (tertiary/aromatic N) is 4. The number of fused-ring (bicyclic) bond motifs is 3. The molecule has 0 aliphatic rings. The fourth-order valence-electron chi connectivity index (χ4n) is 2.87. The number of hydrogen-bond donors (Lipinski definition) is 1. The van der Waals surface area contributed by atoms with E-state index in [1.165, 1.54) is 27.8 Å². The van der Waals surface area contributed by atoms with Gasteiger partial charge in [0, 0.05) is 10.6 Å². The van der Waals surface area contributed by atoms with Gasteiger partial charge >= 0.3 is 0 Å². The zero-order valence-electron chi connectivity index (χ0n) is 15.3. The number of rotatable bonds is 5. The summed E-state index contributed by atoms with van der Waals surface area (Å²) in [5.41, 5.74) is 4.02. The largest absolute Gasteiger partial charge is 0.325 e. The molecule has 0 atom stereocenters. The van der Waals surface area contributed by atoms with Crippen molar-refractivity contribution in [3.8, 4) is 0 Å². The van der Waals surface area contributed by atoms with Crippen LogP contribution in [0.2, 0.25) is 0 Å². The molecule has 6 nitrogen and oxygen atoms in total. The second-order valence-corrected chi connectivity index (χ2v) is 8.42. The first kappa shape index (κ1) is 17.9. The fourth-order valence-corrected chi connectivity index (χ4v) is 4.57. The van der Waals surface area contributed by atoms with Crippen molar-refractivity contribution in [2.45, 2.75) is 32.3 Å². The van der Waals surface area contributed by atoms with Crippen molar-refractivity contribution in [1.29, 1.82) is 0 Å². The summed E-state index contributed by atoms with van der Waals surface area (Å²) in [5.74, 6) is 0.188. The van der Waals surface area contributed by atoms with Crippen LogP contribution in [0.5, 0.6) is 0 Å². The Bertz CT molecular complexity index is 1130. The van der Waals surface area contributed by atoms with E-state index in [1.54, 1.807) is 17.7 Å². The summed E-state index contributed by atoms with van der Waals surface area (Å²) < 4.78 is 1.86. The molecule has 0 fully saturated rings. The molecule has 0 bridgehead atoms. The normalized spacial score (nSPS) is 11.4. The molecule has 4 rings (SSSR count). The van der Waals surface area contributed by atoms with Crippen LogP contribution in [-0.2, 0) is 11.2 Å². The highest BCUT2D eigenvalue weighted by Crippen LogP contribution is 2.32. The van der Waals surface area contributed by atoms with Crippen molar-refractivity contribution >= 4 is 50.6 Å². The van der Waals surface area contributed by atoms with E-state index in [9.17, 15) is 4.79 Å². The van der Waals surface area contributed by atoms with Crippen LogP contribution in [0.3, 0.4) is 0 Å². The maximum absolute atomic E-state index is 12.3. The minimum Gasteiger partial charge on any atom is -0.325 e. The third kappa shape index (κ3) is 3.42. The topological polar surface area (TPSA) is 72.2 Å². The smallest absolute Gasteiger partial charge is 0.234 e. The lowest BCUT2D eigenvalue weighted by molar-refractivity contribution is -0.113. The van der Waals surface area contributed by atoms with Gasteiger partial charge in [-0.15, -0.1) is 21.5 Å². The Balaban J connectivity index is 1.50. The Morgan fingerprint density at radius 2 is 2.00 bits per heavy atom. The van der Waals surface area contributed by atoms with Gasteiger partial charge in [-0.1, -0.05) is 30.8 Å². The molecule has 27 heavy (non-hydrogen) atoms. The van der Waals surface area contributed by atoms with Crippen molar-refractivity contribution in [3.63, 3.8) is 0 Å². The average Bonchev–Trinajstić information content (AvgIpc) is 3.21. The molecule has 0 aliphatic carbocycles. The highest BCUT2D eigenvalue weighted by Gasteiger charge is 2.16. The van der Waals surface area contributed by atoms with Gasteiger partial charge in [-0.05, 0) is 43.5 Å². The van der Waals surface area contributed by atoms with Crippen LogP contribution < -0.4 is 5.32 Å². The summed E-state index contributed by atoms with van der Waals surface area (Å²) in [5, 5.41) is 13.2. The Morgan fingerprint density at radius 3 is 2.74 bits per heavy atom. The molecule has 1 amide bonds. The number of carbonyl (C=O) groups is 1. The molecule has 1 N–H and O–H groups in total. The van der Waals surface area contributed by atoms with Crippen LogP contribution in [0.15, 0.2) is 35.7 Å². The van der Waals surface area contributed by atoms with Crippen LogP contribution in [0.1, 0.15) is 22.9 Å². The summed E-state index contributed by atoms with van der Waals surface area (Å²) >= 11 is 3.02. The van der Waals surface area contributed by atoms with Crippen LogP contribution in [0.25, 0.3) is 15.9 Å². The number of thiophene rings is 1.